The summed E-state index contributed by atoms with van der Waals surface area (Å²) in [6.45, 7) is 4.42. The van der Waals surface area contributed by atoms with E-state index in [1.807, 2.05) is 0 Å². The Morgan fingerprint density at radius 3 is 2.28 bits per heavy atom. The normalized spacial score (nSPS) is 11.7. The van der Waals surface area contributed by atoms with Crippen molar-refractivity contribution in [1.82, 2.24) is 19.8 Å². The van der Waals surface area contributed by atoms with Crippen LogP contribution in [0.25, 0.3) is 10.8 Å². The number of sulfonamides is 1. The van der Waals surface area contributed by atoms with Gasteiger partial charge in [0.15, 0.2) is 0 Å². The summed E-state index contributed by atoms with van der Waals surface area (Å²) in [7, 11) is -3.57. The minimum atomic E-state index is -3.57. The highest BCUT2D eigenvalue weighted by Gasteiger charge is 2.21. The van der Waals surface area contributed by atoms with Crippen molar-refractivity contribution in [2.24, 2.45) is 0 Å². The van der Waals surface area contributed by atoms with Crippen LogP contribution in [0.2, 0.25) is 0 Å². The smallest absolute Gasteiger partial charge is 0.272 e. The molecule has 0 aliphatic heterocycles. The number of nitrogens with zero attached hydrogens (tertiary/aromatic N) is 2. The first-order valence-corrected chi connectivity index (χ1v) is 10.7. The molecule has 9 heteroatoms. The molecule has 2 aromatic carbocycles. The average molecular weight is 414 g/mol. The van der Waals surface area contributed by atoms with E-state index in [9.17, 15) is 18.0 Å². The van der Waals surface area contributed by atoms with Gasteiger partial charge in [0, 0.05) is 24.0 Å². The quantitative estimate of drug-likeness (QED) is 0.613. The number of fused-ring (bicyclic) bond motifs is 1. The molecule has 0 atom stereocenters. The first kappa shape index (κ1) is 20.7. The largest absolute Gasteiger partial charge is 0.346 e. The van der Waals surface area contributed by atoms with Crippen LogP contribution in [0.3, 0.4) is 0 Å². The van der Waals surface area contributed by atoms with Gasteiger partial charge in [0.05, 0.1) is 22.5 Å². The molecule has 0 spiro atoms. The number of amides is 1. The molecule has 0 fully saturated rings. The first-order valence-electron chi connectivity index (χ1n) is 9.23. The van der Waals surface area contributed by atoms with Crippen molar-refractivity contribution in [2.75, 3.05) is 13.1 Å². The Hall–Kier alpha value is -3.04. The maximum Gasteiger partial charge on any atom is 0.272 e. The van der Waals surface area contributed by atoms with Gasteiger partial charge in [-0.2, -0.15) is 9.40 Å². The lowest BCUT2D eigenvalue weighted by Gasteiger charge is -2.18. The van der Waals surface area contributed by atoms with Crippen molar-refractivity contribution in [3.63, 3.8) is 0 Å². The average Bonchev–Trinajstić information content (AvgIpc) is 2.74. The molecule has 0 aliphatic carbocycles. The van der Waals surface area contributed by atoms with Gasteiger partial charge in [0.25, 0.3) is 11.5 Å². The maximum atomic E-state index is 12.5. The predicted molar refractivity (Wildman–Crippen MR) is 110 cm³/mol. The van der Waals surface area contributed by atoms with E-state index in [-0.39, 0.29) is 22.9 Å². The number of aromatic amines is 1. The van der Waals surface area contributed by atoms with Crippen LogP contribution in [0.5, 0.6) is 0 Å². The highest BCUT2D eigenvalue weighted by atomic mass is 32.2. The molecular formula is C20H22N4O4S. The topological polar surface area (TPSA) is 112 Å². The molecule has 1 heterocycles. The molecule has 1 aromatic heterocycles. The minimum Gasteiger partial charge on any atom is -0.346 e. The van der Waals surface area contributed by atoms with E-state index >= 15 is 0 Å². The van der Waals surface area contributed by atoms with Crippen LogP contribution in [0.15, 0.2) is 58.2 Å². The Balaban J connectivity index is 1.76. The predicted octanol–water partition coefficient (Wildman–Crippen LogP) is 1.88. The van der Waals surface area contributed by atoms with Gasteiger partial charge in [0.2, 0.25) is 10.0 Å². The van der Waals surface area contributed by atoms with E-state index in [4.69, 9.17) is 0 Å². The van der Waals surface area contributed by atoms with E-state index in [2.05, 4.69) is 15.5 Å². The molecule has 3 rings (SSSR count). The summed E-state index contributed by atoms with van der Waals surface area (Å²) < 4.78 is 26.4. The molecule has 2 N–H and O–H groups in total. The van der Waals surface area contributed by atoms with Crippen molar-refractivity contribution in [1.29, 1.82) is 0 Å². The number of aromatic nitrogens is 2. The second kappa shape index (κ2) is 8.54. The van der Waals surface area contributed by atoms with Gasteiger partial charge in [-0.25, -0.2) is 13.5 Å². The van der Waals surface area contributed by atoms with Crippen molar-refractivity contribution < 1.29 is 13.2 Å². The number of carbonyl (C=O) groups excluding carboxylic acids is 1. The van der Waals surface area contributed by atoms with E-state index in [0.717, 1.165) is 0 Å². The van der Waals surface area contributed by atoms with E-state index < -0.39 is 10.0 Å². The third kappa shape index (κ3) is 4.20. The van der Waals surface area contributed by atoms with Gasteiger partial charge in [-0.3, -0.25) is 9.59 Å². The zero-order valence-electron chi connectivity index (χ0n) is 16.2. The summed E-state index contributed by atoms with van der Waals surface area (Å²) in [5.74, 6) is -0.367. The lowest BCUT2D eigenvalue weighted by atomic mass is 10.1. The molecule has 0 bridgehead atoms. The number of benzene rings is 2. The molecule has 29 heavy (non-hydrogen) atoms. The first-order chi connectivity index (χ1) is 13.9. The summed E-state index contributed by atoms with van der Waals surface area (Å²) in [6.07, 6.45) is 0. The molecule has 0 aliphatic rings. The lowest BCUT2D eigenvalue weighted by molar-refractivity contribution is 0.0950. The molecular weight excluding hydrogens is 392 g/mol. The molecule has 0 saturated heterocycles. The molecule has 3 aromatic rings. The van der Waals surface area contributed by atoms with Gasteiger partial charge < -0.3 is 5.32 Å². The SMILES string of the molecule is CCN(CC)S(=O)(=O)c1ccc(C(=O)NCc2n[nH]c(=O)c3ccccc23)cc1. The van der Waals surface area contributed by atoms with Crippen LogP contribution in [0, 0.1) is 0 Å². The van der Waals surface area contributed by atoms with E-state index in [1.165, 1.54) is 28.6 Å². The van der Waals surface area contributed by atoms with Crippen LogP contribution in [0.1, 0.15) is 29.9 Å². The molecule has 0 unspecified atom stereocenters. The second-order valence-electron chi connectivity index (χ2n) is 6.34. The number of carbonyl (C=O) groups is 1. The third-order valence-corrected chi connectivity index (χ3v) is 6.72. The van der Waals surface area contributed by atoms with Gasteiger partial charge in [0.1, 0.15) is 0 Å². The minimum absolute atomic E-state index is 0.121. The zero-order chi connectivity index (χ0) is 21.0. The Kier molecular flexibility index (Phi) is 6.09. The Labute approximate surface area is 168 Å². The molecule has 0 saturated carbocycles. The van der Waals surface area contributed by atoms with Crippen molar-refractivity contribution in [3.05, 3.63) is 70.1 Å². The Morgan fingerprint density at radius 1 is 1.03 bits per heavy atom. The van der Waals surface area contributed by atoms with Crippen LogP contribution in [-0.2, 0) is 16.6 Å². The zero-order valence-corrected chi connectivity index (χ0v) is 17.0. The maximum absolute atomic E-state index is 12.5. The standard InChI is InChI=1S/C20H22N4O4S/c1-3-24(4-2)29(27,28)15-11-9-14(10-12-15)19(25)21-13-18-16-7-5-6-8-17(16)20(26)23-22-18/h5-12H,3-4,13H2,1-2H3,(H,21,25)(H,23,26). The second-order valence-corrected chi connectivity index (χ2v) is 8.28. The fraction of sp³-hybridized carbons (Fsp3) is 0.250. The fourth-order valence-electron chi connectivity index (χ4n) is 3.06. The Bertz CT molecular complexity index is 1180. The molecule has 152 valence electrons. The van der Waals surface area contributed by atoms with Gasteiger partial charge in [-0.15, -0.1) is 0 Å². The van der Waals surface area contributed by atoms with Crippen LogP contribution in [0.4, 0.5) is 0 Å². The van der Waals surface area contributed by atoms with E-state index in [1.54, 1.807) is 38.1 Å². The summed E-state index contributed by atoms with van der Waals surface area (Å²) >= 11 is 0. The molecule has 1 amide bonds. The fourth-order valence-corrected chi connectivity index (χ4v) is 4.52. The number of H-pyrrole nitrogens is 1. The van der Waals surface area contributed by atoms with E-state index in [0.29, 0.717) is 35.1 Å². The summed E-state index contributed by atoms with van der Waals surface area (Å²) in [5.41, 5.74) is 0.576. The monoisotopic (exact) mass is 414 g/mol. The number of hydrogen-bond acceptors (Lipinski definition) is 5. The van der Waals surface area contributed by atoms with Crippen molar-refractivity contribution in [3.8, 4) is 0 Å². The van der Waals surface area contributed by atoms with Crippen LogP contribution in [-0.4, -0.2) is 41.9 Å². The van der Waals surface area contributed by atoms with Crippen LogP contribution < -0.4 is 10.9 Å². The number of nitrogens with one attached hydrogen (secondary N) is 2. The molecule has 8 nitrogen and oxygen atoms in total. The third-order valence-electron chi connectivity index (χ3n) is 4.65. The Morgan fingerprint density at radius 2 is 1.66 bits per heavy atom. The number of rotatable bonds is 7. The van der Waals surface area contributed by atoms with Crippen LogP contribution >= 0.6 is 0 Å². The summed E-state index contributed by atoms with van der Waals surface area (Å²) in [4.78, 5) is 24.4. The van der Waals surface area contributed by atoms with Gasteiger partial charge in [-0.05, 0) is 30.3 Å². The summed E-state index contributed by atoms with van der Waals surface area (Å²) in [5, 5.41) is 10.4. The van der Waals surface area contributed by atoms with Gasteiger partial charge in [-0.1, -0.05) is 32.0 Å². The number of hydrogen-bond donors (Lipinski definition) is 2. The lowest BCUT2D eigenvalue weighted by Crippen LogP contribution is -2.30. The van der Waals surface area contributed by atoms with Crippen molar-refractivity contribution >= 4 is 26.7 Å². The highest BCUT2D eigenvalue weighted by Crippen LogP contribution is 2.17. The molecule has 0 radical (unpaired) electrons. The highest BCUT2D eigenvalue weighted by molar-refractivity contribution is 7.89. The van der Waals surface area contributed by atoms with Gasteiger partial charge >= 0.3 is 0 Å². The van der Waals surface area contributed by atoms with Crippen molar-refractivity contribution in [2.45, 2.75) is 25.3 Å². The summed E-state index contributed by atoms with van der Waals surface area (Å²) in [6, 6.07) is 12.8.